The van der Waals surface area contributed by atoms with E-state index in [-0.39, 0.29) is 16.5 Å². The van der Waals surface area contributed by atoms with E-state index in [0.29, 0.717) is 5.75 Å². The molecule has 0 radical (unpaired) electrons. The van der Waals surface area contributed by atoms with Gasteiger partial charge in [-0.25, -0.2) is 4.79 Å². The minimum Gasteiger partial charge on any atom is -0.427 e. The Hall–Kier alpha value is -2.72. The molecule has 0 aromatic heterocycles. The second-order valence-electron chi connectivity index (χ2n) is 8.52. The molecule has 0 spiro atoms. The lowest BCUT2D eigenvalue weighted by Crippen LogP contribution is -2.32. The maximum atomic E-state index is 12.7. The van der Waals surface area contributed by atoms with Crippen molar-refractivity contribution in [3.05, 3.63) is 83.9 Å². The molecule has 0 aliphatic heterocycles. The smallest absolute Gasteiger partial charge is 0.427 e. The molecule has 0 atom stereocenters. The molecule has 0 heterocycles. The molecule has 0 N–H and O–H groups in total. The van der Waals surface area contributed by atoms with Crippen molar-refractivity contribution in [2.45, 2.75) is 73.2 Å². The predicted molar refractivity (Wildman–Crippen MR) is 130 cm³/mol. The zero-order chi connectivity index (χ0) is 22.6. The Bertz CT molecular complexity index is 994. The highest BCUT2D eigenvalue weighted by atomic mass is 32.2. The third kappa shape index (κ3) is 4.86. The summed E-state index contributed by atoms with van der Waals surface area (Å²) in [6.45, 7) is 6.09. The van der Waals surface area contributed by atoms with Crippen molar-refractivity contribution >= 4 is 17.1 Å². The van der Waals surface area contributed by atoms with Gasteiger partial charge >= 0.3 is 6.16 Å². The van der Waals surface area contributed by atoms with E-state index in [9.17, 15) is 4.79 Å². The van der Waals surface area contributed by atoms with Gasteiger partial charge in [-0.15, -0.1) is 0 Å². The number of aryl methyl sites for hydroxylation is 2. The number of benzene rings is 3. The molecule has 0 bridgehead atoms. The van der Waals surface area contributed by atoms with Crippen LogP contribution < -0.4 is 4.74 Å². The van der Waals surface area contributed by atoms with Gasteiger partial charge in [-0.3, -0.25) is 0 Å². The highest BCUT2D eigenvalue weighted by Gasteiger charge is 2.37. The van der Waals surface area contributed by atoms with Gasteiger partial charge in [0.25, 0.3) is 0 Å². The van der Waals surface area contributed by atoms with Crippen LogP contribution in [0.1, 0.15) is 50.2 Å². The molecule has 3 nitrogen and oxygen atoms in total. The van der Waals surface area contributed by atoms with Crippen LogP contribution >= 0.6 is 0 Å². The average molecular weight is 448 g/mol. The summed E-state index contributed by atoms with van der Waals surface area (Å²) in [5.74, 6) is 0.604. The SMILES string of the molecule is CCC1(OC(=O)Oc2c(C)cc([S+](c3ccccc3)c3ccccc3)cc2C)CCCC1. The van der Waals surface area contributed by atoms with E-state index in [1.165, 1.54) is 14.7 Å². The molecule has 166 valence electrons. The minimum absolute atomic E-state index is 0.240. The fourth-order valence-corrected chi connectivity index (χ4v) is 6.80. The van der Waals surface area contributed by atoms with Crippen molar-refractivity contribution < 1.29 is 14.3 Å². The highest BCUT2D eigenvalue weighted by molar-refractivity contribution is 7.97. The summed E-state index contributed by atoms with van der Waals surface area (Å²) >= 11 is 0. The van der Waals surface area contributed by atoms with E-state index in [1.807, 2.05) is 26.0 Å². The van der Waals surface area contributed by atoms with Gasteiger partial charge < -0.3 is 9.47 Å². The number of hydrogen-bond acceptors (Lipinski definition) is 3. The molecule has 1 saturated carbocycles. The maximum absolute atomic E-state index is 12.7. The van der Waals surface area contributed by atoms with E-state index in [1.54, 1.807) is 0 Å². The van der Waals surface area contributed by atoms with Crippen LogP contribution in [0.2, 0.25) is 0 Å². The van der Waals surface area contributed by atoms with Crippen LogP contribution in [-0.4, -0.2) is 11.8 Å². The number of carbonyl (C=O) groups is 1. The maximum Gasteiger partial charge on any atom is 0.514 e. The van der Waals surface area contributed by atoms with Crippen molar-refractivity contribution in [1.29, 1.82) is 0 Å². The first-order valence-corrected chi connectivity index (χ1v) is 12.6. The molecule has 4 heteroatoms. The first-order chi connectivity index (χ1) is 15.5. The second-order valence-corrected chi connectivity index (χ2v) is 10.5. The van der Waals surface area contributed by atoms with Gasteiger partial charge in [0, 0.05) is 12.1 Å². The van der Waals surface area contributed by atoms with Crippen LogP contribution in [0, 0.1) is 13.8 Å². The number of carbonyl (C=O) groups excluding carboxylic acids is 1. The predicted octanol–water partition coefficient (Wildman–Crippen LogP) is 7.64. The van der Waals surface area contributed by atoms with Crippen LogP contribution in [0.5, 0.6) is 5.75 Å². The highest BCUT2D eigenvalue weighted by Crippen LogP contribution is 2.38. The largest absolute Gasteiger partial charge is 0.514 e. The molecule has 0 unspecified atom stereocenters. The first-order valence-electron chi connectivity index (χ1n) is 11.4. The van der Waals surface area contributed by atoms with Gasteiger partial charge in [-0.1, -0.05) is 43.3 Å². The van der Waals surface area contributed by atoms with Gasteiger partial charge in [-0.05, 0) is 81.3 Å². The quantitative estimate of drug-likeness (QED) is 0.221. The monoisotopic (exact) mass is 447 g/mol. The van der Waals surface area contributed by atoms with E-state index in [4.69, 9.17) is 9.47 Å². The Balaban J connectivity index is 1.63. The van der Waals surface area contributed by atoms with E-state index >= 15 is 0 Å². The normalized spacial score (nSPS) is 15.0. The topological polar surface area (TPSA) is 35.5 Å². The van der Waals surface area contributed by atoms with Crippen molar-refractivity contribution in [1.82, 2.24) is 0 Å². The molecular weight excluding hydrogens is 416 g/mol. The van der Waals surface area contributed by atoms with Gasteiger partial charge in [0.15, 0.2) is 14.7 Å². The van der Waals surface area contributed by atoms with Gasteiger partial charge in [0.2, 0.25) is 0 Å². The summed E-state index contributed by atoms with van der Waals surface area (Å²) in [6.07, 6.45) is 4.30. The molecule has 1 aliphatic carbocycles. The molecule has 4 rings (SSSR count). The zero-order valence-electron chi connectivity index (χ0n) is 19.1. The van der Waals surface area contributed by atoms with Crippen LogP contribution in [0.25, 0.3) is 0 Å². The van der Waals surface area contributed by atoms with E-state index in [0.717, 1.165) is 43.2 Å². The van der Waals surface area contributed by atoms with Crippen LogP contribution in [-0.2, 0) is 15.6 Å². The Morgan fingerprint density at radius 3 is 1.81 bits per heavy atom. The lowest BCUT2D eigenvalue weighted by atomic mass is 9.99. The molecule has 32 heavy (non-hydrogen) atoms. The number of rotatable bonds is 6. The van der Waals surface area contributed by atoms with Crippen molar-refractivity contribution in [3.63, 3.8) is 0 Å². The van der Waals surface area contributed by atoms with Crippen molar-refractivity contribution in [2.24, 2.45) is 0 Å². The van der Waals surface area contributed by atoms with Crippen molar-refractivity contribution in [2.75, 3.05) is 0 Å². The summed E-state index contributed by atoms with van der Waals surface area (Å²) < 4.78 is 11.6. The Morgan fingerprint density at radius 1 is 0.844 bits per heavy atom. The zero-order valence-corrected chi connectivity index (χ0v) is 19.9. The molecule has 0 saturated heterocycles. The Labute approximate surface area is 194 Å². The second kappa shape index (κ2) is 9.83. The minimum atomic E-state index is -0.585. The van der Waals surface area contributed by atoms with Crippen molar-refractivity contribution in [3.8, 4) is 5.75 Å². The third-order valence-corrected chi connectivity index (χ3v) is 8.47. The molecule has 1 aliphatic rings. The van der Waals surface area contributed by atoms with Crippen LogP contribution in [0.4, 0.5) is 4.79 Å². The fraction of sp³-hybridized carbons (Fsp3) is 0.321. The number of ether oxygens (including phenoxy) is 2. The molecule has 0 amide bonds. The Morgan fingerprint density at radius 2 is 1.34 bits per heavy atom. The Kier molecular flexibility index (Phi) is 6.90. The summed E-state index contributed by atoms with van der Waals surface area (Å²) in [6, 6.07) is 25.4. The summed E-state index contributed by atoms with van der Waals surface area (Å²) in [5, 5.41) is 0. The molecular formula is C28H31O3S+. The first kappa shape index (κ1) is 22.5. The van der Waals surface area contributed by atoms with Crippen LogP contribution in [0.15, 0.2) is 87.5 Å². The lowest BCUT2D eigenvalue weighted by molar-refractivity contribution is -0.0128. The van der Waals surface area contributed by atoms with Crippen LogP contribution in [0.3, 0.4) is 0 Å². The molecule has 3 aromatic rings. The summed E-state index contributed by atoms with van der Waals surface area (Å²) in [4.78, 5) is 16.4. The van der Waals surface area contributed by atoms with E-state index < -0.39 is 6.16 Å². The third-order valence-electron chi connectivity index (χ3n) is 6.27. The number of hydrogen-bond donors (Lipinski definition) is 0. The standard InChI is InChI=1S/C28H31O3S/c1-4-28(17-11-12-18-28)31-27(29)30-26-21(2)19-25(20-22(26)3)32(23-13-7-5-8-14-23)24-15-9-6-10-16-24/h5-10,13-16,19-20H,4,11-12,17-18H2,1-3H3/q+1. The van der Waals surface area contributed by atoms with E-state index in [2.05, 4.69) is 67.6 Å². The molecule has 3 aromatic carbocycles. The average Bonchev–Trinajstić information content (AvgIpc) is 3.27. The van der Waals surface area contributed by atoms with Gasteiger partial charge in [0.05, 0.1) is 10.9 Å². The fourth-order valence-electron chi connectivity index (χ4n) is 4.54. The lowest BCUT2D eigenvalue weighted by Gasteiger charge is -2.27. The summed E-state index contributed by atoms with van der Waals surface area (Å²) in [5.41, 5.74) is 1.53. The van der Waals surface area contributed by atoms with Gasteiger partial charge in [-0.2, -0.15) is 0 Å². The van der Waals surface area contributed by atoms with Gasteiger partial charge in [0.1, 0.15) is 11.4 Å². The molecule has 1 fully saturated rings. The summed E-state index contributed by atoms with van der Waals surface area (Å²) in [7, 11) is -0.240.